The molecule has 2 saturated heterocycles. The molecule has 1 amide bonds. The molecule has 2 aliphatic rings. The second kappa shape index (κ2) is 7.32. The van der Waals surface area contributed by atoms with E-state index in [1.807, 2.05) is 18.2 Å². The summed E-state index contributed by atoms with van der Waals surface area (Å²) in [7, 11) is 0. The molecule has 5 nitrogen and oxygen atoms in total. The van der Waals surface area contributed by atoms with Crippen LogP contribution in [0.4, 0.5) is 0 Å². The average molecular weight is 335 g/mol. The number of pyridine rings is 1. The van der Waals surface area contributed by atoms with Gasteiger partial charge in [-0.15, -0.1) is 0 Å². The molecule has 0 N–H and O–H groups in total. The van der Waals surface area contributed by atoms with Crippen molar-refractivity contribution in [1.82, 2.24) is 14.8 Å². The van der Waals surface area contributed by atoms with Crippen molar-refractivity contribution in [1.29, 1.82) is 0 Å². The number of ether oxygens (including phenoxy) is 1. The van der Waals surface area contributed by atoms with Crippen LogP contribution in [0.3, 0.4) is 0 Å². The maximum Gasteiger partial charge on any atom is 0.266 e. The first-order chi connectivity index (χ1) is 10.7. The maximum absolute atomic E-state index is 12.5. The van der Waals surface area contributed by atoms with Gasteiger partial charge in [0.25, 0.3) is 5.91 Å². The summed E-state index contributed by atoms with van der Waals surface area (Å²) in [4.78, 5) is 21.3. The number of thioether (sulfide) groups is 1. The van der Waals surface area contributed by atoms with E-state index in [9.17, 15) is 4.79 Å². The van der Waals surface area contributed by atoms with Crippen LogP contribution in [0.25, 0.3) is 6.08 Å². The number of carbonyl (C=O) groups is 1. The van der Waals surface area contributed by atoms with Crippen LogP contribution in [0.1, 0.15) is 5.69 Å². The molecule has 0 aromatic carbocycles. The molecule has 2 fully saturated rings. The van der Waals surface area contributed by atoms with Gasteiger partial charge in [-0.2, -0.15) is 0 Å². The van der Waals surface area contributed by atoms with E-state index < -0.39 is 0 Å². The van der Waals surface area contributed by atoms with Crippen molar-refractivity contribution >= 4 is 40.3 Å². The van der Waals surface area contributed by atoms with E-state index in [0.717, 1.165) is 38.5 Å². The van der Waals surface area contributed by atoms with Crippen molar-refractivity contribution in [3.63, 3.8) is 0 Å². The van der Waals surface area contributed by atoms with Gasteiger partial charge in [0, 0.05) is 32.4 Å². The van der Waals surface area contributed by atoms with Crippen LogP contribution >= 0.6 is 24.0 Å². The van der Waals surface area contributed by atoms with Gasteiger partial charge < -0.3 is 4.74 Å². The predicted octanol–water partition coefficient (Wildman–Crippen LogP) is 1.61. The van der Waals surface area contributed by atoms with Crippen molar-refractivity contribution in [3.8, 4) is 0 Å². The Bertz CT molecular complexity index is 586. The Balaban J connectivity index is 1.62. The van der Waals surface area contributed by atoms with Crippen LogP contribution in [-0.2, 0) is 9.53 Å². The van der Waals surface area contributed by atoms with E-state index >= 15 is 0 Å². The van der Waals surface area contributed by atoms with Crippen molar-refractivity contribution in [2.24, 2.45) is 0 Å². The zero-order chi connectivity index (χ0) is 15.4. The minimum atomic E-state index is -0.0195. The minimum absolute atomic E-state index is 0.0195. The molecule has 1 aromatic rings. The first kappa shape index (κ1) is 15.6. The number of hydrogen-bond acceptors (Lipinski definition) is 6. The molecular formula is C15H17N3O2S2. The third kappa shape index (κ3) is 3.73. The lowest BCUT2D eigenvalue weighted by atomic mass is 10.3. The zero-order valence-corrected chi connectivity index (χ0v) is 13.7. The minimum Gasteiger partial charge on any atom is -0.379 e. The summed E-state index contributed by atoms with van der Waals surface area (Å²) in [6.07, 6.45) is 3.51. The van der Waals surface area contributed by atoms with Crippen LogP contribution in [0, 0.1) is 0 Å². The van der Waals surface area contributed by atoms with Crippen LogP contribution in [0.5, 0.6) is 0 Å². The lowest BCUT2D eigenvalue weighted by Gasteiger charge is -2.28. The number of amides is 1. The normalized spacial score (nSPS) is 21.8. The molecule has 0 spiro atoms. The molecule has 3 rings (SSSR count). The predicted molar refractivity (Wildman–Crippen MR) is 91.4 cm³/mol. The highest BCUT2D eigenvalue weighted by molar-refractivity contribution is 8.26. The number of carbonyl (C=O) groups excluding carboxylic acids is 1. The Morgan fingerprint density at radius 2 is 2.14 bits per heavy atom. The molecule has 0 unspecified atom stereocenters. The molecule has 0 atom stereocenters. The summed E-state index contributed by atoms with van der Waals surface area (Å²) in [5.41, 5.74) is 0.774. The topological polar surface area (TPSA) is 45.7 Å². The summed E-state index contributed by atoms with van der Waals surface area (Å²) in [6.45, 7) is 4.81. The third-order valence-corrected chi connectivity index (χ3v) is 4.96. The van der Waals surface area contributed by atoms with Gasteiger partial charge in [-0.3, -0.25) is 19.6 Å². The first-order valence-corrected chi connectivity index (χ1v) is 8.43. The van der Waals surface area contributed by atoms with E-state index in [1.165, 1.54) is 11.8 Å². The fourth-order valence-electron chi connectivity index (χ4n) is 2.35. The SMILES string of the molecule is O=C1/C(=C\c2ccccn2)SC(=S)N1CCN1CCOCC1. The summed E-state index contributed by atoms with van der Waals surface area (Å²) in [5.74, 6) is -0.0195. The Kier molecular flexibility index (Phi) is 5.20. The summed E-state index contributed by atoms with van der Waals surface area (Å²) in [6, 6.07) is 5.63. The fourth-order valence-corrected chi connectivity index (χ4v) is 3.65. The van der Waals surface area contributed by atoms with Gasteiger partial charge in [0.05, 0.1) is 23.8 Å². The molecule has 3 heterocycles. The van der Waals surface area contributed by atoms with Gasteiger partial charge in [-0.25, -0.2) is 0 Å². The monoisotopic (exact) mass is 335 g/mol. The van der Waals surface area contributed by atoms with Crippen molar-refractivity contribution < 1.29 is 9.53 Å². The Morgan fingerprint density at radius 3 is 2.86 bits per heavy atom. The Labute approximate surface area is 139 Å². The number of nitrogens with zero attached hydrogens (tertiary/aromatic N) is 3. The molecule has 0 saturated carbocycles. The van der Waals surface area contributed by atoms with Gasteiger partial charge in [-0.05, 0) is 18.2 Å². The molecule has 1 aromatic heterocycles. The first-order valence-electron chi connectivity index (χ1n) is 7.20. The molecule has 0 bridgehead atoms. The van der Waals surface area contributed by atoms with Crippen LogP contribution in [0.15, 0.2) is 29.3 Å². The molecule has 0 aliphatic carbocycles. The third-order valence-electron chi connectivity index (χ3n) is 3.58. The van der Waals surface area contributed by atoms with Gasteiger partial charge in [0.2, 0.25) is 0 Å². The van der Waals surface area contributed by atoms with E-state index in [4.69, 9.17) is 17.0 Å². The number of rotatable bonds is 4. The molecular weight excluding hydrogens is 318 g/mol. The van der Waals surface area contributed by atoms with Crippen molar-refractivity contribution in [2.75, 3.05) is 39.4 Å². The van der Waals surface area contributed by atoms with Crippen molar-refractivity contribution in [3.05, 3.63) is 35.0 Å². The molecule has 7 heteroatoms. The maximum atomic E-state index is 12.5. The highest BCUT2D eigenvalue weighted by Gasteiger charge is 2.32. The lowest BCUT2D eigenvalue weighted by Crippen LogP contribution is -2.42. The summed E-state index contributed by atoms with van der Waals surface area (Å²) in [5, 5.41) is 0. The summed E-state index contributed by atoms with van der Waals surface area (Å²) < 4.78 is 5.95. The second-order valence-electron chi connectivity index (χ2n) is 5.04. The largest absolute Gasteiger partial charge is 0.379 e. The van der Waals surface area contributed by atoms with Gasteiger partial charge >= 0.3 is 0 Å². The molecule has 2 aliphatic heterocycles. The van der Waals surface area contributed by atoms with Crippen molar-refractivity contribution in [2.45, 2.75) is 0 Å². The van der Waals surface area contributed by atoms with E-state index in [0.29, 0.717) is 15.8 Å². The standard InChI is InChI=1S/C15H17N3O2S2/c19-14-13(11-12-3-1-2-4-16-12)22-15(21)18(14)6-5-17-7-9-20-10-8-17/h1-4,11H,5-10H2/b13-11+. The number of aromatic nitrogens is 1. The van der Waals surface area contributed by atoms with Gasteiger partial charge in [0.1, 0.15) is 4.32 Å². The van der Waals surface area contributed by atoms with E-state index in [-0.39, 0.29) is 5.91 Å². The highest BCUT2D eigenvalue weighted by Crippen LogP contribution is 2.32. The van der Waals surface area contributed by atoms with E-state index in [2.05, 4.69) is 9.88 Å². The van der Waals surface area contributed by atoms with Crippen LogP contribution < -0.4 is 0 Å². The lowest BCUT2D eigenvalue weighted by molar-refractivity contribution is -0.122. The van der Waals surface area contributed by atoms with Gasteiger partial charge in [0.15, 0.2) is 0 Å². The van der Waals surface area contributed by atoms with Gasteiger partial charge in [-0.1, -0.05) is 30.0 Å². The Hall–Kier alpha value is -1.28. The molecule has 0 radical (unpaired) electrons. The zero-order valence-electron chi connectivity index (χ0n) is 12.1. The highest BCUT2D eigenvalue weighted by atomic mass is 32.2. The molecule has 22 heavy (non-hydrogen) atoms. The van der Waals surface area contributed by atoms with Crippen LogP contribution in [0.2, 0.25) is 0 Å². The number of hydrogen-bond donors (Lipinski definition) is 0. The number of thiocarbonyl (C=S) groups is 1. The molecule has 116 valence electrons. The van der Waals surface area contributed by atoms with Crippen LogP contribution in [-0.4, -0.2) is 64.4 Å². The second-order valence-corrected chi connectivity index (χ2v) is 6.72. The smallest absolute Gasteiger partial charge is 0.266 e. The fraction of sp³-hybridized carbons (Fsp3) is 0.400. The quantitative estimate of drug-likeness (QED) is 0.615. The number of morpholine rings is 1. The Morgan fingerprint density at radius 1 is 1.32 bits per heavy atom. The van der Waals surface area contributed by atoms with E-state index in [1.54, 1.807) is 17.2 Å². The average Bonchev–Trinajstić information content (AvgIpc) is 2.81. The summed E-state index contributed by atoms with van der Waals surface area (Å²) >= 11 is 6.69.